The van der Waals surface area contributed by atoms with Crippen LogP contribution >= 0.6 is 11.8 Å². The number of hydrogen-bond donors (Lipinski definition) is 0. The number of rotatable bonds is 6. The number of carbonyl (C=O) groups is 1. The third-order valence-electron chi connectivity index (χ3n) is 4.91. The Kier molecular flexibility index (Phi) is 5.77. The average Bonchev–Trinajstić information content (AvgIpc) is 3.19. The van der Waals surface area contributed by atoms with Gasteiger partial charge in [-0.2, -0.15) is 0 Å². The summed E-state index contributed by atoms with van der Waals surface area (Å²) < 4.78 is 15.1. The summed E-state index contributed by atoms with van der Waals surface area (Å²) in [7, 11) is 0. The highest BCUT2D eigenvalue weighted by Gasteiger charge is 2.18. The van der Waals surface area contributed by atoms with E-state index >= 15 is 0 Å². The Bertz CT molecular complexity index is 1190. The molecule has 4 nitrogen and oxygen atoms in total. The molecule has 1 heterocycles. The number of thioether (sulfide) groups is 1. The van der Waals surface area contributed by atoms with Crippen LogP contribution in [-0.2, 0) is 0 Å². The third-order valence-corrected chi connectivity index (χ3v) is 5.84. The molecule has 0 aliphatic rings. The Morgan fingerprint density at radius 1 is 0.933 bits per heavy atom. The Labute approximate surface area is 178 Å². The summed E-state index contributed by atoms with van der Waals surface area (Å²) in [5, 5.41) is 9.40. The van der Waals surface area contributed by atoms with E-state index in [9.17, 15) is 9.18 Å². The van der Waals surface area contributed by atoms with Gasteiger partial charge in [0.25, 0.3) is 0 Å². The van der Waals surface area contributed by atoms with Gasteiger partial charge < -0.3 is 0 Å². The van der Waals surface area contributed by atoms with Crippen LogP contribution in [0.1, 0.15) is 21.5 Å². The normalized spacial score (nSPS) is 10.9. The summed E-state index contributed by atoms with van der Waals surface area (Å²) >= 11 is 1.32. The molecule has 0 aliphatic heterocycles. The lowest BCUT2D eigenvalue weighted by molar-refractivity contribution is 0.102. The van der Waals surface area contributed by atoms with Crippen molar-refractivity contribution in [2.45, 2.75) is 19.0 Å². The third kappa shape index (κ3) is 4.19. The van der Waals surface area contributed by atoms with Crippen LogP contribution in [0.25, 0.3) is 17.1 Å². The van der Waals surface area contributed by atoms with Gasteiger partial charge in [0.15, 0.2) is 16.8 Å². The quantitative estimate of drug-likeness (QED) is 0.300. The van der Waals surface area contributed by atoms with Crippen molar-refractivity contribution in [1.82, 2.24) is 14.8 Å². The van der Waals surface area contributed by atoms with Crippen molar-refractivity contribution in [3.63, 3.8) is 0 Å². The molecule has 4 rings (SSSR count). The highest BCUT2D eigenvalue weighted by atomic mass is 32.2. The number of aryl methyl sites for hydroxylation is 2. The predicted molar refractivity (Wildman–Crippen MR) is 118 cm³/mol. The van der Waals surface area contributed by atoms with Crippen LogP contribution in [0.3, 0.4) is 0 Å². The first kappa shape index (κ1) is 20.0. The van der Waals surface area contributed by atoms with Gasteiger partial charge in [-0.1, -0.05) is 48.2 Å². The molecule has 0 bridgehead atoms. The highest BCUT2D eigenvalue weighted by molar-refractivity contribution is 7.99. The second-order valence-electron chi connectivity index (χ2n) is 6.99. The number of Topliss-reactive ketones (excluding diaryl/α,β-unsaturated/α-hetero) is 1. The molecule has 0 spiro atoms. The maximum Gasteiger partial charge on any atom is 0.196 e. The molecule has 0 saturated carbocycles. The van der Waals surface area contributed by atoms with E-state index in [4.69, 9.17) is 0 Å². The van der Waals surface area contributed by atoms with Gasteiger partial charge in [0.2, 0.25) is 0 Å². The molecular weight excluding hydrogens is 397 g/mol. The van der Waals surface area contributed by atoms with Gasteiger partial charge in [0, 0.05) is 11.1 Å². The zero-order valence-corrected chi connectivity index (χ0v) is 17.5. The molecule has 0 N–H and O–H groups in total. The zero-order chi connectivity index (χ0) is 21.1. The largest absolute Gasteiger partial charge is 0.293 e. The molecule has 0 aliphatic carbocycles. The average molecular weight is 418 g/mol. The predicted octanol–water partition coefficient (Wildman–Crippen LogP) is 5.67. The van der Waals surface area contributed by atoms with Gasteiger partial charge in [-0.15, -0.1) is 10.2 Å². The Hall–Kier alpha value is -3.25. The molecule has 30 heavy (non-hydrogen) atoms. The SMILES string of the molecule is Cc1ccc(-n2c(SCC(=O)c3ccc(F)cc3)nnc2-c2ccccc2)cc1C. The summed E-state index contributed by atoms with van der Waals surface area (Å²) in [6.07, 6.45) is 0. The van der Waals surface area contributed by atoms with E-state index in [0.29, 0.717) is 10.7 Å². The van der Waals surface area contributed by atoms with E-state index in [1.165, 1.54) is 47.2 Å². The van der Waals surface area contributed by atoms with E-state index in [0.717, 1.165) is 17.1 Å². The minimum absolute atomic E-state index is 0.0871. The minimum Gasteiger partial charge on any atom is -0.293 e. The van der Waals surface area contributed by atoms with Crippen molar-refractivity contribution in [1.29, 1.82) is 0 Å². The first-order valence-corrected chi connectivity index (χ1v) is 10.5. The topological polar surface area (TPSA) is 47.8 Å². The van der Waals surface area contributed by atoms with Gasteiger partial charge in [-0.3, -0.25) is 9.36 Å². The monoisotopic (exact) mass is 417 g/mol. The fourth-order valence-corrected chi connectivity index (χ4v) is 3.93. The lowest BCUT2D eigenvalue weighted by atomic mass is 10.1. The van der Waals surface area contributed by atoms with Crippen LogP contribution in [0.2, 0.25) is 0 Å². The summed E-state index contributed by atoms with van der Waals surface area (Å²) in [5.74, 6) is 0.455. The van der Waals surface area contributed by atoms with Crippen LogP contribution in [0, 0.1) is 19.7 Å². The fraction of sp³-hybridized carbons (Fsp3) is 0.125. The summed E-state index contributed by atoms with van der Waals surface area (Å²) in [6.45, 7) is 4.14. The number of nitrogens with zero attached hydrogens (tertiary/aromatic N) is 3. The molecule has 0 atom stereocenters. The van der Waals surface area contributed by atoms with Gasteiger partial charge in [0.1, 0.15) is 5.82 Å². The number of aromatic nitrogens is 3. The molecule has 3 aromatic carbocycles. The van der Waals surface area contributed by atoms with Crippen molar-refractivity contribution in [3.8, 4) is 17.1 Å². The molecule has 0 unspecified atom stereocenters. The van der Waals surface area contributed by atoms with Gasteiger partial charge in [-0.05, 0) is 61.4 Å². The second kappa shape index (κ2) is 8.63. The van der Waals surface area contributed by atoms with Crippen LogP contribution in [0.5, 0.6) is 0 Å². The van der Waals surface area contributed by atoms with Crippen molar-refractivity contribution in [3.05, 3.63) is 95.3 Å². The van der Waals surface area contributed by atoms with Gasteiger partial charge >= 0.3 is 0 Å². The first-order chi connectivity index (χ1) is 14.5. The van der Waals surface area contributed by atoms with Crippen LogP contribution in [0.15, 0.2) is 78.0 Å². The van der Waals surface area contributed by atoms with E-state index in [1.807, 2.05) is 41.0 Å². The molecule has 0 saturated heterocycles. The lowest BCUT2D eigenvalue weighted by Gasteiger charge is -2.12. The maximum absolute atomic E-state index is 13.1. The Balaban J connectivity index is 1.69. The Morgan fingerprint density at radius 3 is 2.37 bits per heavy atom. The summed E-state index contributed by atoms with van der Waals surface area (Å²) in [4.78, 5) is 12.6. The smallest absolute Gasteiger partial charge is 0.196 e. The van der Waals surface area contributed by atoms with Crippen molar-refractivity contribution < 1.29 is 9.18 Å². The molecule has 0 fully saturated rings. The molecule has 4 aromatic rings. The van der Waals surface area contributed by atoms with E-state index in [2.05, 4.69) is 36.2 Å². The van der Waals surface area contributed by atoms with E-state index < -0.39 is 0 Å². The number of hydrogen-bond acceptors (Lipinski definition) is 4. The van der Waals surface area contributed by atoms with Crippen molar-refractivity contribution >= 4 is 17.5 Å². The lowest BCUT2D eigenvalue weighted by Crippen LogP contribution is -2.05. The standard InChI is InChI=1S/C24H20FN3OS/c1-16-8-13-21(14-17(16)2)28-23(19-6-4-3-5-7-19)26-27-24(28)30-15-22(29)18-9-11-20(25)12-10-18/h3-14H,15H2,1-2H3. The van der Waals surface area contributed by atoms with Gasteiger partial charge in [-0.25, -0.2) is 4.39 Å². The molecule has 1 aromatic heterocycles. The van der Waals surface area contributed by atoms with Crippen LogP contribution in [-0.4, -0.2) is 26.3 Å². The van der Waals surface area contributed by atoms with Crippen molar-refractivity contribution in [2.24, 2.45) is 0 Å². The Morgan fingerprint density at radius 2 is 1.67 bits per heavy atom. The molecule has 150 valence electrons. The fourth-order valence-electron chi connectivity index (χ4n) is 3.08. The van der Waals surface area contributed by atoms with Crippen molar-refractivity contribution in [2.75, 3.05) is 5.75 Å². The van der Waals surface area contributed by atoms with Gasteiger partial charge in [0.05, 0.1) is 11.4 Å². The summed E-state index contributed by atoms with van der Waals surface area (Å²) in [6, 6.07) is 21.6. The number of carbonyl (C=O) groups excluding carboxylic acids is 1. The number of ketones is 1. The first-order valence-electron chi connectivity index (χ1n) is 9.53. The second-order valence-corrected chi connectivity index (χ2v) is 7.94. The molecule has 0 amide bonds. The minimum atomic E-state index is -0.360. The maximum atomic E-state index is 13.1. The van der Waals surface area contributed by atoms with E-state index in [-0.39, 0.29) is 17.4 Å². The van der Waals surface area contributed by atoms with Crippen LogP contribution < -0.4 is 0 Å². The summed E-state index contributed by atoms with van der Waals surface area (Å²) in [5.41, 5.74) is 4.73. The molecule has 6 heteroatoms. The molecular formula is C24H20FN3OS. The van der Waals surface area contributed by atoms with E-state index in [1.54, 1.807) is 0 Å². The molecule has 0 radical (unpaired) electrons. The number of benzene rings is 3. The highest BCUT2D eigenvalue weighted by Crippen LogP contribution is 2.29. The van der Waals surface area contributed by atoms with Crippen LogP contribution in [0.4, 0.5) is 4.39 Å². The number of halogens is 1. The zero-order valence-electron chi connectivity index (χ0n) is 16.7.